The molecule has 0 saturated heterocycles. The maximum atomic E-state index is 9.96. The molecule has 0 heterocycles. The highest BCUT2D eigenvalue weighted by Gasteiger charge is 1.82. The van der Waals surface area contributed by atoms with Crippen molar-refractivity contribution in [3.63, 3.8) is 0 Å². The van der Waals surface area contributed by atoms with Crippen LogP contribution >= 0.6 is 0 Å². The molecule has 6 nitrogen and oxygen atoms in total. The number of nitrogens with one attached hydrogen (secondary N) is 4. The lowest BCUT2D eigenvalue weighted by molar-refractivity contribution is 0.244. The summed E-state index contributed by atoms with van der Waals surface area (Å²) in [6.45, 7) is 0. The minimum Gasteiger partial charge on any atom is -0.341 e. The SMILES string of the molecule is CNC(=O)NC.CNC(=O)NC. The first-order chi connectivity index (χ1) is 5.62. The van der Waals surface area contributed by atoms with Crippen LogP contribution in [0.4, 0.5) is 9.59 Å². The molecule has 0 aliphatic carbocycles. The van der Waals surface area contributed by atoms with Crippen molar-refractivity contribution in [1.82, 2.24) is 21.3 Å². The summed E-state index contributed by atoms with van der Waals surface area (Å²) in [7, 11) is 6.27. The Balaban J connectivity index is 0. The standard InChI is InChI=1S/2C3H8N2O/c2*1-4-3(6)5-2/h2*1-2H3,(H2,4,5,6). The third kappa shape index (κ3) is 11.4. The fourth-order valence-corrected chi connectivity index (χ4v) is 0.250. The lowest BCUT2D eigenvalue weighted by Crippen LogP contribution is -2.28. The molecule has 4 N–H and O–H groups in total. The molecule has 6 heteroatoms. The van der Waals surface area contributed by atoms with Crippen molar-refractivity contribution in [2.24, 2.45) is 0 Å². The molecule has 4 amide bonds. The van der Waals surface area contributed by atoms with E-state index in [1.165, 1.54) is 0 Å². The summed E-state index contributed by atoms with van der Waals surface area (Å²) < 4.78 is 0. The van der Waals surface area contributed by atoms with Gasteiger partial charge < -0.3 is 21.3 Å². The first kappa shape index (κ1) is 13.2. The Hall–Kier alpha value is -1.46. The predicted octanol–water partition coefficient (Wildman–Crippen LogP) is -0.910. The number of hydrogen-bond acceptors (Lipinski definition) is 2. The molecule has 0 rings (SSSR count). The van der Waals surface area contributed by atoms with Gasteiger partial charge in [-0.05, 0) is 0 Å². The van der Waals surface area contributed by atoms with Crippen molar-refractivity contribution in [1.29, 1.82) is 0 Å². The van der Waals surface area contributed by atoms with Gasteiger partial charge in [-0.1, -0.05) is 0 Å². The van der Waals surface area contributed by atoms with Crippen LogP contribution in [-0.2, 0) is 0 Å². The van der Waals surface area contributed by atoms with E-state index in [4.69, 9.17) is 0 Å². The molecule has 0 unspecified atom stereocenters. The van der Waals surface area contributed by atoms with Gasteiger partial charge in [0.2, 0.25) is 0 Å². The molecule has 12 heavy (non-hydrogen) atoms. The van der Waals surface area contributed by atoms with E-state index in [1.54, 1.807) is 28.2 Å². The number of amides is 4. The zero-order valence-corrected chi connectivity index (χ0v) is 7.82. The molecule has 0 aromatic rings. The number of urea groups is 2. The van der Waals surface area contributed by atoms with Crippen LogP contribution in [0.2, 0.25) is 0 Å². The van der Waals surface area contributed by atoms with Gasteiger partial charge >= 0.3 is 12.1 Å². The molecule has 0 fully saturated rings. The van der Waals surface area contributed by atoms with Crippen LogP contribution in [0.1, 0.15) is 0 Å². The van der Waals surface area contributed by atoms with Crippen molar-refractivity contribution in [3.05, 3.63) is 0 Å². The van der Waals surface area contributed by atoms with E-state index in [-0.39, 0.29) is 12.1 Å². The summed E-state index contributed by atoms with van der Waals surface area (Å²) in [5.74, 6) is 0. The maximum absolute atomic E-state index is 9.96. The third-order valence-electron chi connectivity index (χ3n) is 0.908. The monoisotopic (exact) mass is 176 g/mol. The molecule has 0 aliphatic heterocycles. The second kappa shape index (κ2) is 9.54. The molecule has 72 valence electrons. The molecule has 0 radical (unpaired) electrons. The summed E-state index contributed by atoms with van der Waals surface area (Å²) in [4.78, 5) is 19.9. The smallest absolute Gasteiger partial charge is 0.314 e. The van der Waals surface area contributed by atoms with Gasteiger partial charge in [0.25, 0.3) is 0 Å². The number of hydrogen-bond donors (Lipinski definition) is 4. The first-order valence-corrected chi connectivity index (χ1v) is 3.41. The van der Waals surface area contributed by atoms with Crippen LogP contribution in [0, 0.1) is 0 Å². The molecule has 0 aromatic heterocycles. The zero-order valence-electron chi connectivity index (χ0n) is 7.82. The minimum atomic E-state index is -0.157. The fraction of sp³-hybridized carbons (Fsp3) is 0.667. The molecule has 0 spiro atoms. The summed E-state index contributed by atoms with van der Waals surface area (Å²) in [5.41, 5.74) is 0. The van der Waals surface area contributed by atoms with E-state index >= 15 is 0 Å². The van der Waals surface area contributed by atoms with Gasteiger partial charge in [0, 0.05) is 28.2 Å². The summed E-state index contributed by atoms with van der Waals surface area (Å²) in [6.07, 6.45) is 0. The van der Waals surface area contributed by atoms with Gasteiger partial charge in [-0.25, -0.2) is 9.59 Å². The second-order valence-corrected chi connectivity index (χ2v) is 1.66. The minimum absolute atomic E-state index is 0.157. The molecular formula is C6H16N4O2. The number of carbonyl (C=O) groups is 2. The van der Waals surface area contributed by atoms with Gasteiger partial charge in [0.15, 0.2) is 0 Å². The Morgan fingerprint density at radius 3 is 0.833 bits per heavy atom. The van der Waals surface area contributed by atoms with E-state index in [1.807, 2.05) is 0 Å². The quantitative estimate of drug-likeness (QED) is 0.385. The van der Waals surface area contributed by atoms with Crippen LogP contribution in [0.3, 0.4) is 0 Å². The van der Waals surface area contributed by atoms with Crippen molar-refractivity contribution >= 4 is 12.1 Å². The van der Waals surface area contributed by atoms with Gasteiger partial charge in [-0.2, -0.15) is 0 Å². The highest BCUT2D eigenvalue weighted by atomic mass is 16.2. The zero-order chi connectivity index (χ0) is 9.98. The van der Waals surface area contributed by atoms with Crippen LogP contribution in [0.5, 0.6) is 0 Å². The molecule has 0 saturated carbocycles. The van der Waals surface area contributed by atoms with E-state index in [0.29, 0.717) is 0 Å². The first-order valence-electron chi connectivity index (χ1n) is 3.41. The Bertz CT molecular complexity index is 110. The van der Waals surface area contributed by atoms with Crippen molar-refractivity contribution < 1.29 is 9.59 Å². The van der Waals surface area contributed by atoms with Gasteiger partial charge in [-0.3, -0.25) is 0 Å². The third-order valence-corrected chi connectivity index (χ3v) is 0.908. The summed E-state index contributed by atoms with van der Waals surface area (Å²) in [5, 5.41) is 9.46. The van der Waals surface area contributed by atoms with Crippen LogP contribution in [0.15, 0.2) is 0 Å². The number of carbonyl (C=O) groups excluding carboxylic acids is 2. The average Bonchev–Trinajstić information content (AvgIpc) is 2.16. The average molecular weight is 176 g/mol. The van der Waals surface area contributed by atoms with Crippen molar-refractivity contribution in [3.8, 4) is 0 Å². The highest BCUT2D eigenvalue weighted by molar-refractivity contribution is 5.73. The molecule has 0 atom stereocenters. The molecule has 0 bridgehead atoms. The van der Waals surface area contributed by atoms with Crippen molar-refractivity contribution in [2.45, 2.75) is 0 Å². The Labute approximate surface area is 72.1 Å². The van der Waals surface area contributed by atoms with Gasteiger partial charge in [-0.15, -0.1) is 0 Å². The molecular weight excluding hydrogens is 160 g/mol. The fourth-order valence-electron chi connectivity index (χ4n) is 0.250. The molecule has 0 aliphatic rings. The van der Waals surface area contributed by atoms with E-state index in [0.717, 1.165) is 0 Å². The van der Waals surface area contributed by atoms with E-state index in [9.17, 15) is 9.59 Å². The lowest BCUT2D eigenvalue weighted by Gasteiger charge is -1.91. The summed E-state index contributed by atoms with van der Waals surface area (Å²) in [6, 6.07) is -0.315. The lowest BCUT2D eigenvalue weighted by atomic mass is 11.0. The largest absolute Gasteiger partial charge is 0.341 e. The second-order valence-electron chi connectivity index (χ2n) is 1.66. The topological polar surface area (TPSA) is 82.3 Å². The van der Waals surface area contributed by atoms with Crippen LogP contribution < -0.4 is 21.3 Å². The van der Waals surface area contributed by atoms with Gasteiger partial charge in [0.1, 0.15) is 0 Å². The molecule has 0 aromatic carbocycles. The number of rotatable bonds is 0. The Morgan fingerprint density at radius 2 is 0.833 bits per heavy atom. The van der Waals surface area contributed by atoms with E-state index < -0.39 is 0 Å². The Morgan fingerprint density at radius 1 is 0.667 bits per heavy atom. The normalized spacial score (nSPS) is 7.00. The van der Waals surface area contributed by atoms with Gasteiger partial charge in [0.05, 0.1) is 0 Å². The van der Waals surface area contributed by atoms with Crippen molar-refractivity contribution in [2.75, 3.05) is 28.2 Å². The Kier molecular flexibility index (Phi) is 10.5. The highest BCUT2D eigenvalue weighted by Crippen LogP contribution is 1.49. The predicted molar refractivity (Wildman–Crippen MR) is 47.0 cm³/mol. The maximum Gasteiger partial charge on any atom is 0.314 e. The summed E-state index contributed by atoms with van der Waals surface area (Å²) >= 11 is 0. The van der Waals surface area contributed by atoms with Crippen LogP contribution in [0.25, 0.3) is 0 Å². The van der Waals surface area contributed by atoms with E-state index in [2.05, 4.69) is 21.3 Å². The van der Waals surface area contributed by atoms with Crippen LogP contribution in [-0.4, -0.2) is 40.3 Å².